The largest absolute Gasteiger partial charge is 0.493 e. The lowest BCUT2D eigenvalue weighted by Gasteiger charge is -2.17. The zero-order chi connectivity index (χ0) is 12.7. The number of aliphatic hydroxyl groups is 1. The molecule has 1 atom stereocenters. The van der Waals surface area contributed by atoms with Gasteiger partial charge >= 0.3 is 0 Å². The first-order valence-corrected chi connectivity index (χ1v) is 6.16. The van der Waals surface area contributed by atoms with Crippen LogP contribution in [0.3, 0.4) is 0 Å². The first kappa shape index (κ1) is 11.4. The van der Waals surface area contributed by atoms with Crippen LogP contribution in [0.25, 0.3) is 10.9 Å². The van der Waals surface area contributed by atoms with Crippen LogP contribution in [0.15, 0.2) is 12.1 Å². The van der Waals surface area contributed by atoms with Gasteiger partial charge in [-0.2, -0.15) is 0 Å². The van der Waals surface area contributed by atoms with Crippen molar-refractivity contribution < 1.29 is 14.6 Å². The molecule has 1 aromatic heterocycles. The van der Waals surface area contributed by atoms with Crippen molar-refractivity contribution in [1.82, 2.24) is 4.98 Å². The Bertz CT molecular complexity index is 588. The molecule has 0 aliphatic heterocycles. The number of aromatic nitrogens is 1. The lowest BCUT2D eigenvalue weighted by Crippen LogP contribution is -2.17. The van der Waals surface area contributed by atoms with E-state index in [1.807, 2.05) is 12.1 Å². The van der Waals surface area contributed by atoms with Crippen molar-refractivity contribution in [3.63, 3.8) is 0 Å². The summed E-state index contributed by atoms with van der Waals surface area (Å²) in [7, 11) is 3.27. The predicted molar refractivity (Wildman–Crippen MR) is 69.4 cm³/mol. The van der Waals surface area contributed by atoms with Crippen LogP contribution < -0.4 is 9.47 Å². The second-order valence-corrected chi connectivity index (χ2v) is 4.73. The Morgan fingerprint density at radius 3 is 2.67 bits per heavy atom. The second kappa shape index (κ2) is 4.21. The van der Waals surface area contributed by atoms with E-state index in [4.69, 9.17) is 9.47 Å². The molecule has 4 nitrogen and oxygen atoms in total. The molecule has 18 heavy (non-hydrogen) atoms. The zero-order valence-electron chi connectivity index (χ0n) is 10.6. The smallest absolute Gasteiger partial charge is 0.162 e. The highest BCUT2D eigenvalue weighted by atomic mass is 16.5. The van der Waals surface area contributed by atoms with Crippen molar-refractivity contribution in [3.8, 4) is 11.5 Å². The average Bonchev–Trinajstić information content (AvgIpc) is 2.74. The fourth-order valence-electron chi connectivity index (χ4n) is 2.73. The van der Waals surface area contributed by atoms with Crippen LogP contribution in [0.5, 0.6) is 11.5 Å². The summed E-state index contributed by atoms with van der Waals surface area (Å²) in [5, 5.41) is 10.9. The Balaban J connectivity index is 2.21. The first-order chi connectivity index (χ1) is 8.72. The topological polar surface area (TPSA) is 54.5 Å². The van der Waals surface area contributed by atoms with Gasteiger partial charge in [-0.05, 0) is 24.5 Å². The van der Waals surface area contributed by atoms with Crippen LogP contribution >= 0.6 is 0 Å². The maximum absolute atomic E-state index is 9.79. The molecule has 0 fully saturated rings. The van der Waals surface area contributed by atoms with Crippen LogP contribution in [0.1, 0.15) is 17.7 Å². The predicted octanol–water partition coefficient (Wildman–Crippen LogP) is 2.03. The molecule has 0 radical (unpaired) electrons. The van der Waals surface area contributed by atoms with Crippen molar-refractivity contribution in [2.24, 2.45) is 0 Å². The molecule has 4 heteroatoms. The van der Waals surface area contributed by atoms with Crippen LogP contribution in [0, 0.1) is 0 Å². The number of aryl methyl sites for hydroxylation is 1. The number of benzene rings is 1. The quantitative estimate of drug-likeness (QED) is 0.853. The molecule has 1 unspecified atom stereocenters. The Hall–Kier alpha value is -1.68. The van der Waals surface area contributed by atoms with Gasteiger partial charge < -0.3 is 19.6 Å². The number of nitrogens with one attached hydrogen (secondary N) is 1. The van der Waals surface area contributed by atoms with Gasteiger partial charge in [0, 0.05) is 29.1 Å². The number of aliphatic hydroxyl groups excluding tert-OH is 1. The van der Waals surface area contributed by atoms with E-state index in [0.717, 1.165) is 35.2 Å². The van der Waals surface area contributed by atoms with Crippen molar-refractivity contribution in [2.75, 3.05) is 14.2 Å². The summed E-state index contributed by atoms with van der Waals surface area (Å²) in [5.41, 5.74) is 3.49. The number of methoxy groups -OCH3 is 2. The number of hydrogen-bond acceptors (Lipinski definition) is 3. The normalized spacial score (nSPS) is 18.7. The summed E-state index contributed by atoms with van der Waals surface area (Å²) in [5.74, 6) is 1.45. The fourth-order valence-corrected chi connectivity index (χ4v) is 2.73. The molecule has 0 saturated carbocycles. The van der Waals surface area contributed by atoms with Crippen molar-refractivity contribution in [1.29, 1.82) is 0 Å². The molecule has 1 aromatic carbocycles. The van der Waals surface area contributed by atoms with E-state index in [9.17, 15) is 5.11 Å². The lowest BCUT2D eigenvalue weighted by molar-refractivity contribution is 0.158. The molecule has 0 spiro atoms. The molecule has 3 rings (SSSR count). The SMILES string of the molecule is COc1cc2[nH]c3c(c2cc1OC)CC(O)CC3. The third-order valence-electron chi connectivity index (χ3n) is 3.67. The summed E-state index contributed by atoms with van der Waals surface area (Å²) in [6, 6.07) is 3.94. The van der Waals surface area contributed by atoms with Gasteiger partial charge in [0.2, 0.25) is 0 Å². The Kier molecular flexibility index (Phi) is 2.67. The highest BCUT2D eigenvalue weighted by Crippen LogP contribution is 2.36. The standard InChI is InChI=1S/C14H17NO3/c1-17-13-6-10-9-5-8(16)3-4-11(9)15-12(10)7-14(13)18-2/h6-8,15-16H,3-5H2,1-2H3. The molecular weight excluding hydrogens is 230 g/mol. The van der Waals surface area contributed by atoms with Crippen LogP contribution in [0.2, 0.25) is 0 Å². The number of hydrogen-bond donors (Lipinski definition) is 2. The average molecular weight is 247 g/mol. The number of aromatic amines is 1. The van der Waals surface area contributed by atoms with Gasteiger partial charge in [-0.3, -0.25) is 0 Å². The number of fused-ring (bicyclic) bond motifs is 3. The van der Waals surface area contributed by atoms with Gasteiger partial charge in [0.1, 0.15) is 0 Å². The van der Waals surface area contributed by atoms with E-state index in [-0.39, 0.29) is 6.10 Å². The minimum atomic E-state index is -0.232. The van der Waals surface area contributed by atoms with Gasteiger partial charge in [0.15, 0.2) is 11.5 Å². The molecule has 1 aliphatic rings. The molecule has 2 aromatic rings. The maximum atomic E-state index is 9.79. The highest BCUT2D eigenvalue weighted by Gasteiger charge is 2.22. The van der Waals surface area contributed by atoms with Crippen LogP contribution in [-0.4, -0.2) is 30.4 Å². The van der Waals surface area contributed by atoms with E-state index in [2.05, 4.69) is 4.98 Å². The first-order valence-electron chi connectivity index (χ1n) is 6.16. The van der Waals surface area contributed by atoms with Gasteiger partial charge in [-0.1, -0.05) is 0 Å². The summed E-state index contributed by atoms with van der Waals surface area (Å²) in [6.45, 7) is 0. The van der Waals surface area contributed by atoms with E-state index in [1.54, 1.807) is 14.2 Å². The summed E-state index contributed by atoms with van der Waals surface area (Å²) in [4.78, 5) is 3.42. The third-order valence-corrected chi connectivity index (χ3v) is 3.67. The fraction of sp³-hybridized carbons (Fsp3) is 0.429. The molecule has 0 bridgehead atoms. The molecule has 1 heterocycles. The minimum Gasteiger partial charge on any atom is -0.493 e. The van der Waals surface area contributed by atoms with E-state index in [1.165, 1.54) is 11.3 Å². The van der Waals surface area contributed by atoms with Gasteiger partial charge in [-0.25, -0.2) is 0 Å². The number of ether oxygens (including phenoxy) is 2. The van der Waals surface area contributed by atoms with Crippen molar-refractivity contribution in [3.05, 3.63) is 23.4 Å². The van der Waals surface area contributed by atoms with Crippen LogP contribution in [-0.2, 0) is 12.8 Å². The minimum absolute atomic E-state index is 0.232. The molecule has 0 saturated heterocycles. The van der Waals surface area contributed by atoms with Crippen molar-refractivity contribution >= 4 is 10.9 Å². The Morgan fingerprint density at radius 2 is 1.94 bits per heavy atom. The Morgan fingerprint density at radius 1 is 1.22 bits per heavy atom. The van der Waals surface area contributed by atoms with Gasteiger partial charge in [0.05, 0.1) is 20.3 Å². The van der Waals surface area contributed by atoms with Crippen molar-refractivity contribution in [2.45, 2.75) is 25.4 Å². The summed E-state index contributed by atoms with van der Waals surface area (Å²) >= 11 is 0. The number of H-pyrrole nitrogens is 1. The zero-order valence-corrected chi connectivity index (χ0v) is 10.6. The molecule has 2 N–H and O–H groups in total. The third kappa shape index (κ3) is 1.64. The van der Waals surface area contributed by atoms with Gasteiger partial charge in [0.25, 0.3) is 0 Å². The number of rotatable bonds is 2. The monoisotopic (exact) mass is 247 g/mol. The molecule has 1 aliphatic carbocycles. The maximum Gasteiger partial charge on any atom is 0.162 e. The van der Waals surface area contributed by atoms with Crippen LogP contribution in [0.4, 0.5) is 0 Å². The Labute approximate surface area is 106 Å². The lowest BCUT2D eigenvalue weighted by atomic mass is 9.93. The van der Waals surface area contributed by atoms with Gasteiger partial charge in [-0.15, -0.1) is 0 Å². The molecular formula is C14H17NO3. The summed E-state index contributed by atoms with van der Waals surface area (Å²) in [6.07, 6.45) is 2.21. The molecule has 96 valence electrons. The van der Waals surface area contributed by atoms with E-state index < -0.39 is 0 Å². The van der Waals surface area contributed by atoms with E-state index in [0.29, 0.717) is 6.42 Å². The van der Waals surface area contributed by atoms with E-state index >= 15 is 0 Å². The summed E-state index contributed by atoms with van der Waals surface area (Å²) < 4.78 is 10.6. The second-order valence-electron chi connectivity index (χ2n) is 4.73. The molecule has 0 amide bonds. The highest BCUT2D eigenvalue weighted by molar-refractivity contribution is 5.88.